The minimum absolute atomic E-state index is 0.0235. The van der Waals surface area contributed by atoms with E-state index in [1.807, 2.05) is 6.92 Å². The molecule has 0 saturated carbocycles. The fourth-order valence-electron chi connectivity index (χ4n) is 3.67. The molecular weight excluding hydrogens is 397 g/mol. The van der Waals surface area contributed by atoms with E-state index in [1.54, 1.807) is 26.2 Å². The van der Waals surface area contributed by atoms with Gasteiger partial charge in [-0.3, -0.25) is 0 Å². The van der Waals surface area contributed by atoms with E-state index < -0.39 is 21.3 Å². The number of ether oxygens (including phenoxy) is 2. The Hall–Kier alpha value is -2.29. The maximum Gasteiger partial charge on any atom is 0.206 e. The molecule has 6 nitrogen and oxygen atoms in total. The molecule has 156 valence electrons. The molecule has 29 heavy (non-hydrogen) atoms. The topological polar surface area (TPSA) is 85.2 Å². The Morgan fingerprint density at radius 3 is 2.52 bits per heavy atom. The summed E-state index contributed by atoms with van der Waals surface area (Å²) in [7, 11) is -2.41. The highest BCUT2D eigenvalue weighted by Crippen LogP contribution is 2.39. The van der Waals surface area contributed by atoms with Crippen molar-refractivity contribution in [2.75, 3.05) is 13.7 Å². The van der Waals surface area contributed by atoms with Crippen molar-refractivity contribution in [1.82, 2.24) is 0 Å². The van der Waals surface area contributed by atoms with Gasteiger partial charge in [-0.05, 0) is 55.3 Å². The smallest absolute Gasteiger partial charge is 0.206 e. The number of halogens is 1. The summed E-state index contributed by atoms with van der Waals surface area (Å²) in [5.74, 6) is -0.642. The first-order chi connectivity index (χ1) is 13.7. The molecule has 0 radical (unpaired) electrons. The second kappa shape index (κ2) is 8.22. The SMILES string of the molecule is CO[C@@]1(c2cc(F)cc(S(=O)(=O)c3ccc(/C(C)=N\O)cc3)c2)CCO[C@@H](C)C1. The van der Waals surface area contributed by atoms with Crippen molar-refractivity contribution < 1.29 is 27.5 Å². The summed E-state index contributed by atoms with van der Waals surface area (Å²) in [6.07, 6.45) is 0.919. The van der Waals surface area contributed by atoms with Crippen molar-refractivity contribution in [2.24, 2.45) is 5.16 Å². The first-order valence-corrected chi connectivity index (χ1v) is 10.7. The van der Waals surface area contributed by atoms with Gasteiger partial charge in [0.15, 0.2) is 0 Å². The lowest BCUT2D eigenvalue weighted by atomic mass is 9.83. The number of sulfone groups is 1. The summed E-state index contributed by atoms with van der Waals surface area (Å²) < 4.78 is 52.0. The van der Waals surface area contributed by atoms with Crippen LogP contribution in [0.15, 0.2) is 57.4 Å². The van der Waals surface area contributed by atoms with Gasteiger partial charge in [-0.1, -0.05) is 17.3 Å². The van der Waals surface area contributed by atoms with Crippen molar-refractivity contribution in [3.8, 4) is 0 Å². The van der Waals surface area contributed by atoms with E-state index in [4.69, 9.17) is 14.7 Å². The third kappa shape index (κ3) is 4.19. The van der Waals surface area contributed by atoms with Crippen LogP contribution < -0.4 is 0 Å². The first kappa shape index (κ1) is 21.4. The van der Waals surface area contributed by atoms with E-state index >= 15 is 0 Å². The second-order valence-corrected chi connectivity index (χ2v) is 9.17. The molecule has 0 aromatic heterocycles. The lowest BCUT2D eigenvalue weighted by Gasteiger charge is -2.39. The molecule has 1 heterocycles. The molecule has 0 bridgehead atoms. The average Bonchev–Trinajstić information content (AvgIpc) is 2.72. The van der Waals surface area contributed by atoms with Crippen LogP contribution in [0.1, 0.15) is 37.8 Å². The zero-order valence-corrected chi connectivity index (χ0v) is 17.4. The molecule has 1 N–H and O–H groups in total. The summed E-state index contributed by atoms with van der Waals surface area (Å²) >= 11 is 0. The van der Waals surface area contributed by atoms with E-state index in [9.17, 15) is 12.8 Å². The van der Waals surface area contributed by atoms with E-state index in [0.29, 0.717) is 36.3 Å². The van der Waals surface area contributed by atoms with Crippen molar-refractivity contribution in [3.05, 3.63) is 59.4 Å². The third-order valence-corrected chi connectivity index (χ3v) is 7.11. The fraction of sp³-hybridized carbons (Fsp3) is 0.381. The van der Waals surface area contributed by atoms with Crippen LogP contribution in [0.2, 0.25) is 0 Å². The maximum absolute atomic E-state index is 14.5. The molecular formula is C21H24FNO5S. The molecule has 1 aliphatic rings. The molecule has 2 aromatic carbocycles. The van der Waals surface area contributed by atoms with E-state index in [0.717, 1.165) is 6.07 Å². The monoisotopic (exact) mass is 421 g/mol. The van der Waals surface area contributed by atoms with Gasteiger partial charge >= 0.3 is 0 Å². The van der Waals surface area contributed by atoms with Crippen LogP contribution in [-0.4, -0.2) is 39.2 Å². The Bertz CT molecular complexity index is 1020. The van der Waals surface area contributed by atoms with Crippen molar-refractivity contribution in [2.45, 2.75) is 48.2 Å². The van der Waals surface area contributed by atoms with Gasteiger partial charge in [0.2, 0.25) is 9.84 Å². The molecule has 1 fully saturated rings. The van der Waals surface area contributed by atoms with Crippen LogP contribution in [0.5, 0.6) is 0 Å². The summed E-state index contributed by atoms with van der Waals surface area (Å²) in [5.41, 5.74) is 0.620. The highest BCUT2D eigenvalue weighted by atomic mass is 32.2. The summed E-state index contributed by atoms with van der Waals surface area (Å²) in [6.45, 7) is 3.95. The standard InChI is InChI=1S/C21H24FNO5S/c1-14-13-21(27-3,8-9-28-14)17-10-18(22)12-20(11-17)29(25,26)19-6-4-16(5-7-19)15(2)23-24/h4-7,10-12,14,24H,8-9,13H2,1-3H3/b23-15-/t14-,21-/m0/s1. The number of rotatable bonds is 5. The Morgan fingerprint density at radius 2 is 1.93 bits per heavy atom. The minimum Gasteiger partial charge on any atom is -0.411 e. The van der Waals surface area contributed by atoms with Crippen LogP contribution in [0.3, 0.4) is 0 Å². The van der Waals surface area contributed by atoms with Gasteiger partial charge < -0.3 is 14.7 Å². The average molecular weight is 421 g/mol. The van der Waals surface area contributed by atoms with Crippen molar-refractivity contribution >= 4 is 15.5 Å². The Morgan fingerprint density at radius 1 is 1.24 bits per heavy atom. The Balaban J connectivity index is 2.04. The van der Waals surface area contributed by atoms with Crippen molar-refractivity contribution in [3.63, 3.8) is 0 Å². The number of hydrogen-bond acceptors (Lipinski definition) is 6. The maximum atomic E-state index is 14.5. The Labute approximate surface area is 169 Å². The number of hydrogen-bond donors (Lipinski definition) is 1. The highest BCUT2D eigenvalue weighted by Gasteiger charge is 2.38. The molecule has 1 saturated heterocycles. The molecule has 0 spiro atoms. The van der Waals surface area contributed by atoms with E-state index in [-0.39, 0.29) is 15.9 Å². The zero-order valence-electron chi connectivity index (χ0n) is 16.6. The quantitative estimate of drug-likeness (QED) is 0.450. The van der Waals surface area contributed by atoms with E-state index in [1.165, 1.54) is 24.3 Å². The highest BCUT2D eigenvalue weighted by molar-refractivity contribution is 7.91. The van der Waals surface area contributed by atoms with Gasteiger partial charge in [0.25, 0.3) is 0 Å². The van der Waals surface area contributed by atoms with E-state index in [2.05, 4.69) is 5.16 Å². The van der Waals surface area contributed by atoms with Crippen LogP contribution in [-0.2, 0) is 24.9 Å². The van der Waals surface area contributed by atoms with Gasteiger partial charge in [-0.15, -0.1) is 0 Å². The predicted molar refractivity (Wildman–Crippen MR) is 106 cm³/mol. The molecule has 0 unspecified atom stereocenters. The molecule has 1 aliphatic heterocycles. The molecule has 3 rings (SSSR count). The van der Waals surface area contributed by atoms with Crippen LogP contribution >= 0.6 is 0 Å². The molecule has 0 aliphatic carbocycles. The Kier molecular flexibility index (Phi) is 6.07. The summed E-state index contributed by atoms with van der Waals surface area (Å²) in [4.78, 5) is -0.112. The van der Waals surface area contributed by atoms with Gasteiger partial charge in [0, 0.05) is 20.0 Å². The molecule has 2 atom stereocenters. The van der Waals surface area contributed by atoms with Gasteiger partial charge in [0.05, 0.1) is 33.8 Å². The van der Waals surface area contributed by atoms with Crippen LogP contribution in [0.4, 0.5) is 4.39 Å². The summed E-state index contributed by atoms with van der Waals surface area (Å²) in [5, 5.41) is 12.0. The van der Waals surface area contributed by atoms with Crippen LogP contribution in [0.25, 0.3) is 0 Å². The largest absolute Gasteiger partial charge is 0.411 e. The first-order valence-electron chi connectivity index (χ1n) is 9.24. The van der Waals surface area contributed by atoms with Crippen LogP contribution in [0, 0.1) is 5.82 Å². The molecule has 0 amide bonds. The zero-order chi connectivity index (χ0) is 21.2. The van der Waals surface area contributed by atoms with Gasteiger partial charge in [-0.2, -0.15) is 0 Å². The van der Waals surface area contributed by atoms with Crippen molar-refractivity contribution in [1.29, 1.82) is 0 Å². The molecule has 8 heteroatoms. The van der Waals surface area contributed by atoms with Gasteiger partial charge in [-0.25, -0.2) is 12.8 Å². The number of methoxy groups -OCH3 is 1. The second-order valence-electron chi connectivity index (χ2n) is 7.22. The van der Waals surface area contributed by atoms with Gasteiger partial charge in [0.1, 0.15) is 5.82 Å². The fourth-order valence-corrected chi connectivity index (χ4v) is 4.98. The summed E-state index contributed by atoms with van der Waals surface area (Å²) in [6, 6.07) is 9.72. The third-order valence-electron chi connectivity index (χ3n) is 5.36. The minimum atomic E-state index is -3.95. The number of oxime groups is 1. The number of nitrogens with zero attached hydrogens (tertiary/aromatic N) is 1. The molecule has 2 aromatic rings. The predicted octanol–water partition coefficient (Wildman–Crippen LogP) is 3.90. The lowest BCUT2D eigenvalue weighted by molar-refractivity contribution is -0.122. The lowest BCUT2D eigenvalue weighted by Crippen LogP contribution is -2.39. The number of benzene rings is 2. The normalized spacial score (nSPS) is 23.2.